The lowest BCUT2D eigenvalue weighted by Gasteiger charge is -2.17. The van der Waals surface area contributed by atoms with Gasteiger partial charge in [-0.1, -0.05) is 12.8 Å². The van der Waals surface area contributed by atoms with E-state index in [1.807, 2.05) is 0 Å². The molecule has 102 valence electrons. The average molecular weight is 251 g/mol. The quantitative estimate of drug-likeness (QED) is 0.762. The highest BCUT2D eigenvalue weighted by Gasteiger charge is 2.34. The van der Waals surface area contributed by atoms with Gasteiger partial charge in [0.05, 0.1) is 6.54 Å². The van der Waals surface area contributed by atoms with E-state index in [0.29, 0.717) is 18.6 Å². The molecule has 4 heteroatoms. The van der Waals surface area contributed by atoms with E-state index in [9.17, 15) is 4.79 Å². The third-order valence-electron chi connectivity index (χ3n) is 4.55. The van der Waals surface area contributed by atoms with Gasteiger partial charge < -0.3 is 10.6 Å². The molecule has 4 nitrogen and oxygen atoms in total. The van der Waals surface area contributed by atoms with Crippen LogP contribution in [-0.4, -0.2) is 48.6 Å². The lowest BCUT2D eigenvalue weighted by atomic mass is 10.2. The molecule has 1 heterocycles. The number of nitrogens with zero attached hydrogens (tertiary/aromatic N) is 1. The van der Waals surface area contributed by atoms with E-state index >= 15 is 0 Å². The number of hydrogen-bond donors (Lipinski definition) is 2. The highest BCUT2D eigenvalue weighted by Crippen LogP contribution is 2.29. The summed E-state index contributed by atoms with van der Waals surface area (Å²) in [5.41, 5.74) is 0. The minimum Gasteiger partial charge on any atom is -0.352 e. The van der Waals surface area contributed by atoms with E-state index in [0.717, 1.165) is 12.6 Å². The second-order valence-corrected chi connectivity index (χ2v) is 6.14. The zero-order valence-electron chi connectivity index (χ0n) is 11.2. The summed E-state index contributed by atoms with van der Waals surface area (Å²) in [5, 5.41) is 6.55. The van der Waals surface area contributed by atoms with Gasteiger partial charge in [-0.2, -0.15) is 0 Å². The molecule has 1 saturated heterocycles. The summed E-state index contributed by atoms with van der Waals surface area (Å²) >= 11 is 0. The van der Waals surface area contributed by atoms with E-state index in [2.05, 4.69) is 15.5 Å². The Morgan fingerprint density at radius 3 is 2.56 bits per heavy atom. The Morgan fingerprint density at radius 2 is 1.83 bits per heavy atom. The van der Waals surface area contributed by atoms with Gasteiger partial charge in [-0.25, -0.2) is 0 Å². The summed E-state index contributed by atoms with van der Waals surface area (Å²) in [6.45, 7) is 2.85. The fourth-order valence-corrected chi connectivity index (χ4v) is 3.31. The first-order valence-corrected chi connectivity index (χ1v) is 7.58. The van der Waals surface area contributed by atoms with Crippen LogP contribution in [0.4, 0.5) is 0 Å². The highest BCUT2D eigenvalue weighted by atomic mass is 16.2. The van der Waals surface area contributed by atoms with Crippen LogP contribution in [0.5, 0.6) is 0 Å². The molecule has 0 aromatic carbocycles. The Hall–Kier alpha value is -0.610. The van der Waals surface area contributed by atoms with E-state index in [-0.39, 0.29) is 5.91 Å². The molecule has 0 aromatic heterocycles. The van der Waals surface area contributed by atoms with Crippen LogP contribution < -0.4 is 10.6 Å². The van der Waals surface area contributed by atoms with Crippen molar-refractivity contribution < 1.29 is 4.79 Å². The fourth-order valence-electron chi connectivity index (χ4n) is 3.31. The van der Waals surface area contributed by atoms with E-state index in [4.69, 9.17) is 0 Å². The largest absolute Gasteiger partial charge is 0.352 e. The molecule has 3 rings (SSSR count). The van der Waals surface area contributed by atoms with Gasteiger partial charge in [-0.05, 0) is 32.1 Å². The molecular formula is C14H25N3O. The summed E-state index contributed by atoms with van der Waals surface area (Å²) in [7, 11) is 0. The third kappa shape index (κ3) is 3.23. The molecule has 0 aromatic rings. The topological polar surface area (TPSA) is 44.4 Å². The molecule has 18 heavy (non-hydrogen) atoms. The summed E-state index contributed by atoms with van der Waals surface area (Å²) < 4.78 is 0. The van der Waals surface area contributed by atoms with E-state index in [1.54, 1.807) is 0 Å². The Bertz CT molecular complexity index is 297. The monoisotopic (exact) mass is 251 g/mol. The van der Waals surface area contributed by atoms with Crippen molar-refractivity contribution in [2.45, 2.75) is 63.1 Å². The second-order valence-electron chi connectivity index (χ2n) is 6.14. The Morgan fingerprint density at radius 1 is 1.06 bits per heavy atom. The number of likely N-dealkylation sites (tertiary alicyclic amines) is 1. The lowest BCUT2D eigenvalue weighted by Crippen LogP contribution is -2.43. The fraction of sp³-hybridized carbons (Fsp3) is 0.929. The number of hydrogen-bond acceptors (Lipinski definition) is 3. The normalized spacial score (nSPS) is 29.9. The van der Waals surface area contributed by atoms with Crippen LogP contribution in [-0.2, 0) is 4.79 Å². The predicted molar refractivity (Wildman–Crippen MR) is 71.4 cm³/mol. The Labute approximate surface area is 109 Å². The van der Waals surface area contributed by atoms with Crippen LogP contribution in [0.1, 0.15) is 44.9 Å². The molecule has 1 unspecified atom stereocenters. The van der Waals surface area contributed by atoms with E-state index < -0.39 is 0 Å². The maximum atomic E-state index is 11.8. The number of carbonyl (C=O) groups is 1. The van der Waals surface area contributed by atoms with Crippen molar-refractivity contribution >= 4 is 5.91 Å². The zero-order chi connectivity index (χ0) is 12.4. The van der Waals surface area contributed by atoms with Crippen LogP contribution in [0.25, 0.3) is 0 Å². The summed E-state index contributed by atoms with van der Waals surface area (Å²) in [6.07, 6.45) is 8.86. The lowest BCUT2D eigenvalue weighted by molar-refractivity contribution is -0.121. The van der Waals surface area contributed by atoms with Crippen molar-refractivity contribution in [3.8, 4) is 0 Å². The van der Waals surface area contributed by atoms with Crippen molar-refractivity contribution in [1.29, 1.82) is 0 Å². The Kier molecular flexibility index (Phi) is 3.85. The van der Waals surface area contributed by atoms with Crippen molar-refractivity contribution in [1.82, 2.24) is 15.5 Å². The molecule has 1 aliphatic heterocycles. The zero-order valence-corrected chi connectivity index (χ0v) is 11.2. The smallest absolute Gasteiger partial charge is 0.234 e. The van der Waals surface area contributed by atoms with Gasteiger partial charge in [0.1, 0.15) is 0 Å². The molecule has 0 bridgehead atoms. The number of carbonyl (C=O) groups excluding carboxylic acids is 1. The molecule has 0 radical (unpaired) electrons. The molecule has 1 amide bonds. The second kappa shape index (κ2) is 5.57. The van der Waals surface area contributed by atoms with Gasteiger partial charge in [0.15, 0.2) is 0 Å². The summed E-state index contributed by atoms with van der Waals surface area (Å²) in [6, 6.07) is 1.84. The maximum absolute atomic E-state index is 11.8. The van der Waals surface area contributed by atoms with Gasteiger partial charge in [0.2, 0.25) is 5.91 Å². The van der Waals surface area contributed by atoms with Gasteiger partial charge in [-0.3, -0.25) is 9.69 Å². The first-order chi connectivity index (χ1) is 8.81. The molecule has 0 spiro atoms. The molecule has 2 aliphatic carbocycles. The van der Waals surface area contributed by atoms with Crippen LogP contribution in [0, 0.1) is 0 Å². The third-order valence-corrected chi connectivity index (χ3v) is 4.55. The molecular weight excluding hydrogens is 226 g/mol. The molecule has 1 atom stereocenters. The van der Waals surface area contributed by atoms with E-state index in [1.165, 1.54) is 51.5 Å². The van der Waals surface area contributed by atoms with Gasteiger partial charge in [0, 0.05) is 31.2 Å². The van der Waals surface area contributed by atoms with Gasteiger partial charge in [0.25, 0.3) is 0 Å². The molecule has 2 N–H and O–H groups in total. The highest BCUT2D eigenvalue weighted by molar-refractivity contribution is 5.78. The van der Waals surface area contributed by atoms with Gasteiger partial charge >= 0.3 is 0 Å². The predicted octanol–water partition coefficient (Wildman–Crippen LogP) is 0.871. The number of rotatable bonds is 5. The number of nitrogens with one attached hydrogen (secondary N) is 2. The van der Waals surface area contributed by atoms with Crippen LogP contribution in [0.15, 0.2) is 0 Å². The Balaban J connectivity index is 1.32. The average Bonchev–Trinajstić information content (AvgIpc) is 2.90. The van der Waals surface area contributed by atoms with Crippen molar-refractivity contribution in [3.63, 3.8) is 0 Å². The molecule has 3 fully saturated rings. The van der Waals surface area contributed by atoms with Gasteiger partial charge in [-0.15, -0.1) is 0 Å². The van der Waals surface area contributed by atoms with Crippen molar-refractivity contribution in [2.24, 2.45) is 0 Å². The standard InChI is InChI=1S/C14H25N3O/c18-14(16-11-3-1-2-4-11)9-15-12-7-8-17(10-12)13-5-6-13/h11-13,15H,1-10H2,(H,16,18). The molecule has 2 saturated carbocycles. The first-order valence-electron chi connectivity index (χ1n) is 7.58. The SMILES string of the molecule is O=C(CNC1CCN(C2CC2)C1)NC1CCCC1. The van der Waals surface area contributed by atoms with Crippen molar-refractivity contribution in [3.05, 3.63) is 0 Å². The minimum absolute atomic E-state index is 0.187. The summed E-state index contributed by atoms with van der Waals surface area (Å²) in [5.74, 6) is 0.187. The minimum atomic E-state index is 0.187. The van der Waals surface area contributed by atoms with Crippen LogP contribution in [0.2, 0.25) is 0 Å². The first kappa shape index (κ1) is 12.4. The maximum Gasteiger partial charge on any atom is 0.234 e. The molecule has 3 aliphatic rings. The van der Waals surface area contributed by atoms with Crippen LogP contribution in [0.3, 0.4) is 0 Å². The summed E-state index contributed by atoms with van der Waals surface area (Å²) in [4.78, 5) is 14.4. The van der Waals surface area contributed by atoms with Crippen molar-refractivity contribution in [2.75, 3.05) is 19.6 Å². The van der Waals surface area contributed by atoms with Crippen LogP contribution >= 0.6 is 0 Å². The number of amides is 1.